The fourth-order valence-electron chi connectivity index (χ4n) is 4.05. The Labute approximate surface area is 191 Å². The van der Waals surface area contributed by atoms with E-state index in [9.17, 15) is 0 Å². The molecule has 0 bridgehead atoms. The summed E-state index contributed by atoms with van der Waals surface area (Å²) in [4.78, 5) is 6.85. The largest absolute Gasteiger partial charge is 0.493 e. The number of aliphatic imine (C=N–C) groups is 1. The molecule has 1 fully saturated rings. The Morgan fingerprint density at radius 2 is 2.03 bits per heavy atom. The van der Waals surface area contributed by atoms with Gasteiger partial charge in [-0.2, -0.15) is 0 Å². The predicted molar refractivity (Wildman–Crippen MR) is 131 cm³/mol. The molecule has 0 amide bonds. The third-order valence-corrected chi connectivity index (χ3v) is 5.65. The Hall–Kier alpha value is -1.96. The van der Waals surface area contributed by atoms with Crippen LogP contribution in [0, 0.1) is 5.92 Å². The van der Waals surface area contributed by atoms with Crippen LogP contribution >= 0.6 is 24.0 Å². The molecule has 2 heterocycles. The lowest BCUT2D eigenvalue weighted by Crippen LogP contribution is -2.41. The van der Waals surface area contributed by atoms with Gasteiger partial charge in [-0.05, 0) is 48.1 Å². The van der Waals surface area contributed by atoms with Crippen molar-refractivity contribution in [3.63, 3.8) is 0 Å². The molecule has 0 radical (unpaired) electrons. The van der Waals surface area contributed by atoms with Crippen molar-refractivity contribution in [2.24, 2.45) is 10.9 Å². The van der Waals surface area contributed by atoms with Crippen LogP contribution in [0.4, 0.5) is 5.69 Å². The van der Waals surface area contributed by atoms with Crippen LogP contribution in [0.2, 0.25) is 0 Å². The van der Waals surface area contributed by atoms with Crippen molar-refractivity contribution in [1.82, 2.24) is 10.6 Å². The number of hydrogen-bond donors (Lipinski definition) is 2. The molecule has 1 saturated heterocycles. The molecule has 4 rings (SSSR count). The minimum absolute atomic E-state index is 0. The predicted octanol–water partition coefficient (Wildman–Crippen LogP) is 3.47. The number of para-hydroxylation sites is 1. The van der Waals surface area contributed by atoms with Crippen molar-refractivity contribution in [3.05, 3.63) is 59.7 Å². The molecule has 1 atom stereocenters. The maximum atomic E-state index is 5.58. The van der Waals surface area contributed by atoms with E-state index < -0.39 is 0 Å². The zero-order valence-electron chi connectivity index (χ0n) is 17.1. The molecule has 2 aliphatic heterocycles. The van der Waals surface area contributed by atoms with E-state index in [1.807, 2.05) is 7.05 Å². The van der Waals surface area contributed by atoms with Crippen molar-refractivity contribution < 1.29 is 4.74 Å². The number of ether oxygens (including phenoxy) is 1. The minimum Gasteiger partial charge on any atom is -0.493 e. The van der Waals surface area contributed by atoms with Crippen LogP contribution in [-0.2, 0) is 12.8 Å². The Bertz CT molecular complexity index is 812. The highest BCUT2D eigenvalue weighted by molar-refractivity contribution is 14.0. The zero-order valence-corrected chi connectivity index (χ0v) is 19.4. The summed E-state index contributed by atoms with van der Waals surface area (Å²) in [7, 11) is 1.84. The average Bonchev–Trinajstić information content (AvgIpc) is 3.40. The van der Waals surface area contributed by atoms with Crippen molar-refractivity contribution >= 4 is 35.6 Å². The topological polar surface area (TPSA) is 48.9 Å². The minimum atomic E-state index is 0. The van der Waals surface area contributed by atoms with Crippen LogP contribution < -0.4 is 20.3 Å². The standard InChI is InChI=1S/C23H30N4O.HI/c1-24-23(25-12-9-18-7-8-22-20(15-18)11-14-28-22)26-16-19-10-13-27(17-19)21-5-3-2-4-6-21;/h2-8,15,19H,9-14,16-17H2,1H3,(H2,24,25,26);1H. The van der Waals surface area contributed by atoms with Gasteiger partial charge in [0.15, 0.2) is 5.96 Å². The van der Waals surface area contributed by atoms with Gasteiger partial charge in [0.25, 0.3) is 0 Å². The van der Waals surface area contributed by atoms with Crippen LogP contribution in [0.25, 0.3) is 0 Å². The first-order chi connectivity index (χ1) is 13.8. The maximum Gasteiger partial charge on any atom is 0.190 e. The second-order valence-electron chi connectivity index (χ2n) is 7.61. The lowest BCUT2D eigenvalue weighted by atomic mass is 10.1. The van der Waals surface area contributed by atoms with Crippen molar-refractivity contribution in [2.75, 3.05) is 44.7 Å². The van der Waals surface area contributed by atoms with E-state index in [0.29, 0.717) is 5.92 Å². The second kappa shape index (κ2) is 10.7. The van der Waals surface area contributed by atoms with Gasteiger partial charge in [0.05, 0.1) is 6.61 Å². The van der Waals surface area contributed by atoms with Gasteiger partial charge in [0.1, 0.15) is 5.75 Å². The van der Waals surface area contributed by atoms with E-state index >= 15 is 0 Å². The van der Waals surface area contributed by atoms with Crippen molar-refractivity contribution in [2.45, 2.75) is 19.3 Å². The Kier molecular flexibility index (Phi) is 8.03. The summed E-state index contributed by atoms with van der Waals surface area (Å²) in [6, 6.07) is 17.2. The molecule has 0 aromatic heterocycles. The van der Waals surface area contributed by atoms with E-state index in [-0.39, 0.29) is 24.0 Å². The van der Waals surface area contributed by atoms with Crippen LogP contribution in [0.1, 0.15) is 17.5 Å². The third-order valence-electron chi connectivity index (χ3n) is 5.65. The number of halogens is 1. The summed E-state index contributed by atoms with van der Waals surface area (Å²) in [5.41, 5.74) is 4.01. The van der Waals surface area contributed by atoms with Crippen molar-refractivity contribution in [3.8, 4) is 5.75 Å². The average molecular weight is 506 g/mol. The third kappa shape index (κ3) is 5.78. The number of hydrogen-bond acceptors (Lipinski definition) is 3. The van der Waals surface area contributed by atoms with Crippen LogP contribution in [-0.4, -0.2) is 45.8 Å². The van der Waals surface area contributed by atoms with E-state index in [1.54, 1.807) is 0 Å². The fourth-order valence-corrected chi connectivity index (χ4v) is 4.05. The monoisotopic (exact) mass is 506 g/mol. The molecule has 2 N–H and O–H groups in total. The number of nitrogens with zero attached hydrogens (tertiary/aromatic N) is 2. The summed E-state index contributed by atoms with van der Waals surface area (Å²) < 4.78 is 5.58. The highest BCUT2D eigenvalue weighted by atomic mass is 127. The zero-order chi connectivity index (χ0) is 19.2. The Morgan fingerprint density at radius 1 is 1.17 bits per heavy atom. The normalized spacial score (nSPS) is 18.0. The first-order valence-electron chi connectivity index (χ1n) is 10.3. The highest BCUT2D eigenvalue weighted by Gasteiger charge is 2.22. The number of nitrogens with one attached hydrogen (secondary N) is 2. The summed E-state index contributed by atoms with van der Waals surface area (Å²) in [5, 5.41) is 6.95. The molecule has 2 aromatic rings. The number of guanidine groups is 1. The van der Waals surface area contributed by atoms with Crippen LogP contribution in [0.15, 0.2) is 53.5 Å². The first-order valence-corrected chi connectivity index (χ1v) is 10.3. The molecular formula is C23H31IN4O. The smallest absolute Gasteiger partial charge is 0.190 e. The molecule has 5 nitrogen and oxygen atoms in total. The maximum absolute atomic E-state index is 5.58. The quantitative estimate of drug-likeness (QED) is 0.358. The molecule has 2 aromatic carbocycles. The molecule has 0 saturated carbocycles. The van der Waals surface area contributed by atoms with E-state index in [2.05, 4.69) is 69.1 Å². The summed E-state index contributed by atoms with van der Waals surface area (Å²) in [5.74, 6) is 2.59. The van der Waals surface area contributed by atoms with Gasteiger partial charge in [0, 0.05) is 45.3 Å². The molecule has 0 aliphatic carbocycles. The van der Waals surface area contributed by atoms with Crippen LogP contribution in [0.5, 0.6) is 5.75 Å². The van der Waals surface area contributed by atoms with Crippen LogP contribution in [0.3, 0.4) is 0 Å². The number of anilines is 1. The highest BCUT2D eigenvalue weighted by Crippen LogP contribution is 2.26. The number of benzene rings is 2. The Balaban J connectivity index is 0.00000240. The first kappa shape index (κ1) is 21.7. The summed E-state index contributed by atoms with van der Waals surface area (Å²) in [6.45, 7) is 4.88. The van der Waals surface area contributed by atoms with Gasteiger partial charge < -0.3 is 20.3 Å². The molecule has 29 heavy (non-hydrogen) atoms. The molecule has 2 aliphatic rings. The van der Waals surface area contributed by atoms with E-state index in [1.165, 1.54) is 23.2 Å². The molecular weight excluding hydrogens is 475 g/mol. The van der Waals surface area contributed by atoms with Crippen molar-refractivity contribution in [1.29, 1.82) is 0 Å². The lowest BCUT2D eigenvalue weighted by molar-refractivity contribution is 0.357. The lowest BCUT2D eigenvalue weighted by Gasteiger charge is -2.19. The van der Waals surface area contributed by atoms with Gasteiger partial charge in [-0.25, -0.2) is 0 Å². The molecule has 1 unspecified atom stereocenters. The molecule has 156 valence electrons. The summed E-state index contributed by atoms with van der Waals surface area (Å²) >= 11 is 0. The van der Waals surface area contributed by atoms with Gasteiger partial charge in [-0.3, -0.25) is 4.99 Å². The van der Waals surface area contributed by atoms with Gasteiger partial charge in [-0.1, -0.05) is 30.3 Å². The van der Waals surface area contributed by atoms with E-state index in [0.717, 1.165) is 57.3 Å². The van der Waals surface area contributed by atoms with Gasteiger partial charge >= 0.3 is 0 Å². The molecule has 0 spiro atoms. The van der Waals surface area contributed by atoms with Gasteiger partial charge in [-0.15, -0.1) is 24.0 Å². The number of fused-ring (bicyclic) bond motifs is 1. The SMILES string of the molecule is CN=C(NCCc1ccc2c(c1)CCO2)NCC1CCN(c2ccccc2)C1.I. The Morgan fingerprint density at radius 3 is 2.86 bits per heavy atom. The second-order valence-corrected chi connectivity index (χ2v) is 7.61. The number of rotatable bonds is 6. The fraction of sp³-hybridized carbons (Fsp3) is 0.435. The van der Waals surface area contributed by atoms with E-state index in [4.69, 9.17) is 4.74 Å². The summed E-state index contributed by atoms with van der Waals surface area (Å²) in [6.07, 6.45) is 3.23. The molecule has 6 heteroatoms. The van der Waals surface area contributed by atoms with Gasteiger partial charge in [0.2, 0.25) is 0 Å².